The van der Waals surface area contributed by atoms with Gasteiger partial charge in [0.25, 0.3) is 0 Å². The molecule has 0 unspecified atom stereocenters. The Kier molecular flexibility index (Phi) is 3.58. The molecule has 0 radical (unpaired) electrons. The molecule has 0 saturated heterocycles. The van der Waals surface area contributed by atoms with Gasteiger partial charge in [0.2, 0.25) is 0 Å². The molecule has 0 atom stereocenters. The van der Waals surface area contributed by atoms with E-state index < -0.39 is 17.5 Å². The predicted octanol–water partition coefficient (Wildman–Crippen LogP) is 4.13. The zero-order valence-corrected chi connectivity index (χ0v) is 9.77. The van der Waals surface area contributed by atoms with Gasteiger partial charge in [0.15, 0.2) is 0 Å². The molecule has 18 heavy (non-hydrogen) atoms. The highest BCUT2D eigenvalue weighted by Gasteiger charge is 2.10. The average Bonchev–Trinajstić information content (AvgIpc) is 2.36. The lowest BCUT2D eigenvalue weighted by Gasteiger charge is -2.05. The van der Waals surface area contributed by atoms with E-state index >= 15 is 0 Å². The van der Waals surface area contributed by atoms with Crippen molar-refractivity contribution >= 4 is 11.8 Å². The van der Waals surface area contributed by atoms with Gasteiger partial charge in [-0.05, 0) is 36.4 Å². The van der Waals surface area contributed by atoms with Crippen molar-refractivity contribution in [2.75, 3.05) is 0 Å². The van der Waals surface area contributed by atoms with Crippen LogP contribution in [0.3, 0.4) is 0 Å². The molecule has 1 nitrogen and oxygen atoms in total. The van der Waals surface area contributed by atoms with Crippen molar-refractivity contribution in [2.24, 2.45) is 0 Å². The Morgan fingerprint density at radius 1 is 0.889 bits per heavy atom. The van der Waals surface area contributed by atoms with Gasteiger partial charge in [-0.3, -0.25) is 0 Å². The van der Waals surface area contributed by atoms with Gasteiger partial charge < -0.3 is 0 Å². The maximum absolute atomic E-state index is 13.4. The second kappa shape index (κ2) is 5.15. The minimum Gasteiger partial charge on any atom is -0.207 e. The Hall–Kier alpha value is -1.93. The maximum atomic E-state index is 13.4. The van der Waals surface area contributed by atoms with E-state index in [9.17, 15) is 13.2 Å². The van der Waals surface area contributed by atoms with Gasteiger partial charge in [0, 0.05) is 4.90 Å². The molecule has 0 bridgehead atoms. The first-order valence-corrected chi connectivity index (χ1v) is 5.74. The second-order valence-electron chi connectivity index (χ2n) is 3.43. The van der Waals surface area contributed by atoms with Gasteiger partial charge in [0.1, 0.15) is 23.5 Å². The van der Waals surface area contributed by atoms with Crippen molar-refractivity contribution in [3.63, 3.8) is 0 Å². The summed E-state index contributed by atoms with van der Waals surface area (Å²) in [5.74, 6) is -1.70. The summed E-state index contributed by atoms with van der Waals surface area (Å²) in [6.45, 7) is 0. The molecule has 2 rings (SSSR count). The third-order valence-corrected chi connectivity index (χ3v) is 3.28. The van der Waals surface area contributed by atoms with E-state index in [2.05, 4.69) is 0 Å². The fourth-order valence-electron chi connectivity index (χ4n) is 1.35. The van der Waals surface area contributed by atoms with Crippen LogP contribution in [0.25, 0.3) is 0 Å². The summed E-state index contributed by atoms with van der Waals surface area (Å²) in [7, 11) is 0. The van der Waals surface area contributed by atoms with Crippen LogP contribution in [0, 0.1) is 28.8 Å². The van der Waals surface area contributed by atoms with E-state index in [1.165, 1.54) is 12.1 Å². The van der Waals surface area contributed by atoms with Crippen molar-refractivity contribution in [1.29, 1.82) is 5.26 Å². The van der Waals surface area contributed by atoms with Crippen LogP contribution in [0.2, 0.25) is 0 Å². The maximum Gasteiger partial charge on any atom is 0.137 e. The highest BCUT2D eigenvalue weighted by atomic mass is 32.2. The summed E-state index contributed by atoms with van der Waals surface area (Å²) >= 11 is 0.884. The predicted molar refractivity (Wildman–Crippen MR) is 61.6 cm³/mol. The third kappa shape index (κ3) is 2.66. The average molecular weight is 265 g/mol. The van der Waals surface area contributed by atoms with Crippen LogP contribution < -0.4 is 0 Å². The first kappa shape index (κ1) is 12.5. The SMILES string of the molecule is N#Cc1cc(F)ccc1Sc1cc(F)ccc1F. The van der Waals surface area contributed by atoms with E-state index in [0.717, 1.165) is 36.0 Å². The highest BCUT2D eigenvalue weighted by Crippen LogP contribution is 2.32. The number of rotatable bonds is 2. The number of hydrogen-bond acceptors (Lipinski definition) is 2. The summed E-state index contributed by atoms with van der Waals surface area (Å²) in [4.78, 5) is 0.432. The molecule has 0 saturated carbocycles. The lowest BCUT2D eigenvalue weighted by Crippen LogP contribution is -1.87. The molecule has 2 aromatic carbocycles. The molecule has 0 N–H and O–H groups in total. The Morgan fingerprint density at radius 3 is 2.28 bits per heavy atom. The van der Waals surface area contributed by atoms with E-state index in [1.54, 1.807) is 0 Å². The quantitative estimate of drug-likeness (QED) is 0.815. The van der Waals surface area contributed by atoms with Crippen molar-refractivity contribution in [1.82, 2.24) is 0 Å². The van der Waals surface area contributed by atoms with Crippen LogP contribution in [0.1, 0.15) is 5.56 Å². The first-order valence-electron chi connectivity index (χ1n) is 4.92. The van der Waals surface area contributed by atoms with E-state index in [-0.39, 0.29) is 10.5 Å². The highest BCUT2D eigenvalue weighted by molar-refractivity contribution is 7.99. The van der Waals surface area contributed by atoms with E-state index in [4.69, 9.17) is 5.26 Å². The number of nitrogens with zero attached hydrogens (tertiary/aromatic N) is 1. The van der Waals surface area contributed by atoms with Gasteiger partial charge >= 0.3 is 0 Å². The fourth-order valence-corrected chi connectivity index (χ4v) is 2.28. The largest absolute Gasteiger partial charge is 0.207 e. The van der Waals surface area contributed by atoms with E-state index in [1.807, 2.05) is 6.07 Å². The molecule has 0 spiro atoms. The molecule has 0 fully saturated rings. The molecule has 0 aliphatic carbocycles. The van der Waals surface area contributed by atoms with Crippen LogP contribution in [-0.2, 0) is 0 Å². The lowest BCUT2D eigenvalue weighted by atomic mass is 10.2. The van der Waals surface area contributed by atoms with Crippen LogP contribution >= 0.6 is 11.8 Å². The van der Waals surface area contributed by atoms with E-state index in [0.29, 0.717) is 4.90 Å². The molecule has 0 amide bonds. The summed E-state index contributed by atoms with van der Waals surface area (Å²) in [6, 6.07) is 8.45. The molecule has 90 valence electrons. The fraction of sp³-hybridized carbons (Fsp3) is 0. The molecular weight excluding hydrogens is 259 g/mol. The molecule has 5 heteroatoms. The van der Waals surface area contributed by atoms with Gasteiger partial charge in [-0.2, -0.15) is 5.26 Å². The molecular formula is C13H6F3NS. The summed E-state index contributed by atoms with van der Waals surface area (Å²) < 4.78 is 39.3. The zero-order chi connectivity index (χ0) is 13.1. The topological polar surface area (TPSA) is 23.8 Å². The van der Waals surface area contributed by atoms with Crippen molar-refractivity contribution in [2.45, 2.75) is 9.79 Å². The van der Waals surface area contributed by atoms with Crippen molar-refractivity contribution in [3.8, 4) is 6.07 Å². The number of benzene rings is 2. The van der Waals surface area contributed by atoms with Gasteiger partial charge in [-0.15, -0.1) is 0 Å². The van der Waals surface area contributed by atoms with Crippen LogP contribution in [-0.4, -0.2) is 0 Å². The summed E-state index contributed by atoms with van der Waals surface area (Å²) in [5, 5.41) is 8.85. The third-order valence-electron chi connectivity index (χ3n) is 2.18. The molecule has 0 aliphatic heterocycles. The first-order chi connectivity index (χ1) is 8.60. The summed E-state index contributed by atoms with van der Waals surface area (Å²) in [6.07, 6.45) is 0. The molecule has 0 heterocycles. The number of nitriles is 1. The van der Waals surface area contributed by atoms with Crippen LogP contribution in [0.5, 0.6) is 0 Å². The Bertz CT molecular complexity index is 635. The van der Waals surface area contributed by atoms with Gasteiger partial charge in [-0.1, -0.05) is 11.8 Å². The number of hydrogen-bond donors (Lipinski definition) is 0. The van der Waals surface area contributed by atoms with Gasteiger partial charge in [0.05, 0.1) is 10.5 Å². The van der Waals surface area contributed by atoms with Crippen molar-refractivity contribution in [3.05, 3.63) is 59.4 Å². The smallest absolute Gasteiger partial charge is 0.137 e. The second-order valence-corrected chi connectivity index (χ2v) is 4.51. The monoisotopic (exact) mass is 265 g/mol. The Balaban J connectivity index is 2.40. The Morgan fingerprint density at radius 2 is 1.56 bits per heavy atom. The molecule has 0 aromatic heterocycles. The number of halogens is 3. The summed E-state index contributed by atoms with van der Waals surface area (Å²) in [5.41, 5.74) is 0.0867. The van der Waals surface area contributed by atoms with Gasteiger partial charge in [-0.25, -0.2) is 13.2 Å². The van der Waals surface area contributed by atoms with Crippen LogP contribution in [0.4, 0.5) is 13.2 Å². The minimum absolute atomic E-state index is 0.0538. The lowest BCUT2D eigenvalue weighted by molar-refractivity contribution is 0.577. The Labute approximate surface area is 106 Å². The van der Waals surface area contributed by atoms with Crippen molar-refractivity contribution < 1.29 is 13.2 Å². The standard InChI is InChI=1S/C13H6F3NS/c14-9-2-4-12(8(5-9)7-17)18-13-6-10(15)1-3-11(13)16/h1-6H. The van der Waals surface area contributed by atoms with Crippen LogP contribution in [0.15, 0.2) is 46.2 Å². The minimum atomic E-state index is -0.588. The normalized spacial score (nSPS) is 10.1. The molecule has 0 aliphatic rings. The molecule has 2 aromatic rings. The zero-order valence-electron chi connectivity index (χ0n) is 8.95.